The molecule has 0 radical (unpaired) electrons. The lowest BCUT2D eigenvalue weighted by Crippen LogP contribution is -2.23. The first-order chi connectivity index (χ1) is 14.3. The van der Waals surface area contributed by atoms with Crippen LogP contribution >= 0.6 is 0 Å². The zero-order valence-corrected chi connectivity index (χ0v) is 18.4. The number of hydrogen-bond donors (Lipinski definition) is 2. The molecule has 3 aromatic rings. The molecule has 158 valence electrons. The van der Waals surface area contributed by atoms with Crippen molar-refractivity contribution in [1.82, 2.24) is 19.7 Å². The van der Waals surface area contributed by atoms with E-state index in [4.69, 9.17) is 0 Å². The van der Waals surface area contributed by atoms with Crippen molar-refractivity contribution < 1.29 is 4.79 Å². The third kappa shape index (κ3) is 4.59. The summed E-state index contributed by atoms with van der Waals surface area (Å²) in [4.78, 5) is 23.9. The quantitative estimate of drug-likeness (QED) is 0.616. The number of rotatable bonds is 7. The van der Waals surface area contributed by atoms with Crippen LogP contribution < -0.4 is 15.5 Å². The first kappa shape index (κ1) is 21.3. The molecule has 30 heavy (non-hydrogen) atoms. The fourth-order valence-corrected chi connectivity index (χ4v) is 3.38. The molecule has 0 aliphatic heterocycles. The van der Waals surface area contributed by atoms with Gasteiger partial charge in [0, 0.05) is 49.0 Å². The van der Waals surface area contributed by atoms with E-state index in [1.165, 1.54) is 0 Å². The van der Waals surface area contributed by atoms with Crippen molar-refractivity contribution in [1.29, 1.82) is 0 Å². The minimum atomic E-state index is -0.162. The molecule has 0 spiro atoms. The molecule has 0 aliphatic carbocycles. The van der Waals surface area contributed by atoms with E-state index in [0.29, 0.717) is 22.9 Å². The minimum Gasteiger partial charge on any atom is -0.357 e. The number of aryl methyl sites for hydroxylation is 3. The Morgan fingerprint density at radius 2 is 1.67 bits per heavy atom. The van der Waals surface area contributed by atoms with Crippen LogP contribution in [0.4, 0.5) is 23.1 Å². The van der Waals surface area contributed by atoms with E-state index >= 15 is 0 Å². The zero-order valence-electron chi connectivity index (χ0n) is 18.4. The van der Waals surface area contributed by atoms with Crippen molar-refractivity contribution in [3.05, 3.63) is 53.0 Å². The monoisotopic (exact) mass is 407 g/mol. The maximum Gasteiger partial charge on any atom is 0.259 e. The average molecular weight is 408 g/mol. The third-order valence-corrected chi connectivity index (χ3v) is 5.06. The summed E-state index contributed by atoms with van der Waals surface area (Å²) in [6.45, 7) is 11.7. The Morgan fingerprint density at radius 3 is 2.23 bits per heavy atom. The van der Waals surface area contributed by atoms with Crippen LogP contribution in [-0.4, -0.2) is 38.7 Å². The van der Waals surface area contributed by atoms with Gasteiger partial charge in [-0.1, -0.05) is 0 Å². The molecule has 0 saturated heterocycles. The number of aromatic nitrogens is 4. The molecule has 1 amide bonds. The summed E-state index contributed by atoms with van der Waals surface area (Å²) in [6, 6.07) is 9.46. The zero-order chi connectivity index (χ0) is 21.8. The number of amides is 1. The van der Waals surface area contributed by atoms with Crippen molar-refractivity contribution in [3.8, 4) is 0 Å². The predicted octanol–water partition coefficient (Wildman–Crippen LogP) is 3.98. The Morgan fingerprint density at radius 1 is 1.03 bits per heavy atom. The summed E-state index contributed by atoms with van der Waals surface area (Å²) in [7, 11) is 1.83. The minimum absolute atomic E-state index is 0.162. The van der Waals surface area contributed by atoms with Crippen molar-refractivity contribution in [3.63, 3.8) is 0 Å². The first-order valence-electron chi connectivity index (χ1n) is 10.1. The largest absolute Gasteiger partial charge is 0.357 e. The smallest absolute Gasteiger partial charge is 0.259 e. The first-order valence-corrected chi connectivity index (χ1v) is 10.1. The van der Waals surface area contributed by atoms with E-state index in [1.54, 1.807) is 4.68 Å². The van der Waals surface area contributed by atoms with Gasteiger partial charge in [-0.3, -0.25) is 9.48 Å². The number of nitrogens with zero attached hydrogens (tertiary/aromatic N) is 5. The molecule has 8 nitrogen and oxygen atoms in total. The van der Waals surface area contributed by atoms with Crippen LogP contribution in [0, 0.1) is 20.8 Å². The molecule has 0 atom stereocenters. The standard InChI is InChI=1S/C22H29N7O/c1-7-29(8-2)19-13-14(3)23-22(26-19)25-18-11-9-17(10-12-18)24-21(30)20-15(4)27-28(6)16(20)5/h9-13H,7-8H2,1-6H3,(H,24,30)(H,23,25,26). The van der Waals surface area contributed by atoms with E-state index in [2.05, 4.69) is 44.4 Å². The highest BCUT2D eigenvalue weighted by atomic mass is 16.1. The van der Waals surface area contributed by atoms with Crippen LogP contribution in [0.3, 0.4) is 0 Å². The Kier molecular flexibility index (Phi) is 6.34. The summed E-state index contributed by atoms with van der Waals surface area (Å²) >= 11 is 0. The number of anilines is 4. The second kappa shape index (κ2) is 8.94. The maximum atomic E-state index is 12.6. The number of carbonyl (C=O) groups is 1. The van der Waals surface area contributed by atoms with Gasteiger partial charge in [0.15, 0.2) is 0 Å². The van der Waals surface area contributed by atoms with Crippen molar-refractivity contribution in [2.24, 2.45) is 7.05 Å². The number of carbonyl (C=O) groups excluding carboxylic acids is 1. The summed E-state index contributed by atoms with van der Waals surface area (Å²) in [5, 5.41) is 10.5. The lowest BCUT2D eigenvalue weighted by molar-refractivity contribution is 0.102. The molecular formula is C22H29N7O. The Labute approximate surface area is 177 Å². The second-order valence-corrected chi connectivity index (χ2v) is 7.19. The summed E-state index contributed by atoms with van der Waals surface area (Å²) in [5.74, 6) is 1.29. The lowest BCUT2D eigenvalue weighted by Gasteiger charge is -2.20. The molecule has 2 N–H and O–H groups in total. The van der Waals surface area contributed by atoms with Gasteiger partial charge in [0.2, 0.25) is 5.95 Å². The van der Waals surface area contributed by atoms with Gasteiger partial charge < -0.3 is 15.5 Å². The van der Waals surface area contributed by atoms with Crippen molar-refractivity contribution >= 4 is 29.0 Å². The van der Waals surface area contributed by atoms with E-state index in [0.717, 1.165) is 36.0 Å². The highest BCUT2D eigenvalue weighted by Crippen LogP contribution is 2.21. The van der Waals surface area contributed by atoms with Gasteiger partial charge in [-0.15, -0.1) is 0 Å². The molecule has 8 heteroatoms. The van der Waals surface area contributed by atoms with Crippen LogP contribution in [0.15, 0.2) is 30.3 Å². The molecule has 0 unspecified atom stereocenters. The summed E-state index contributed by atoms with van der Waals surface area (Å²) in [6.07, 6.45) is 0. The van der Waals surface area contributed by atoms with Gasteiger partial charge in [-0.25, -0.2) is 4.98 Å². The topological polar surface area (TPSA) is 88.0 Å². The summed E-state index contributed by atoms with van der Waals surface area (Å²) < 4.78 is 1.71. The van der Waals surface area contributed by atoms with Crippen LogP contribution in [0.1, 0.15) is 41.3 Å². The van der Waals surface area contributed by atoms with E-state index in [-0.39, 0.29) is 5.91 Å². The second-order valence-electron chi connectivity index (χ2n) is 7.19. The van der Waals surface area contributed by atoms with Gasteiger partial charge in [0.25, 0.3) is 5.91 Å². The molecule has 0 saturated carbocycles. The van der Waals surface area contributed by atoms with Crippen LogP contribution in [0.2, 0.25) is 0 Å². The molecule has 2 aromatic heterocycles. The van der Waals surface area contributed by atoms with Crippen molar-refractivity contribution in [2.75, 3.05) is 28.6 Å². The van der Waals surface area contributed by atoms with Crippen LogP contribution in [0.25, 0.3) is 0 Å². The number of benzene rings is 1. The van der Waals surface area contributed by atoms with Crippen molar-refractivity contribution in [2.45, 2.75) is 34.6 Å². The van der Waals surface area contributed by atoms with Gasteiger partial charge >= 0.3 is 0 Å². The number of nitrogens with one attached hydrogen (secondary N) is 2. The SMILES string of the molecule is CCN(CC)c1cc(C)nc(Nc2ccc(NC(=O)c3c(C)nn(C)c3C)cc2)n1. The number of hydrogen-bond acceptors (Lipinski definition) is 6. The Balaban J connectivity index is 1.73. The fraction of sp³-hybridized carbons (Fsp3) is 0.364. The summed E-state index contributed by atoms with van der Waals surface area (Å²) in [5.41, 5.74) is 4.62. The van der Waals surface area contributed by atoms with E-state index in [1.807, 2.05) is 58.2 Å². The van der Waals surface area contributed by atoms with Crippen LogP contribution in [-0.2, 0) is 7.05 Å². The van der Waals surface area contributed by atoms with Gasteiger partial charge in [0.05, 0.1) is 11.3 Å². The molecular weight excluding hydrogens is 378 g/mol. The lowest BCUT2D eigenvalue weighted by atomic mass is 10.2. The highest BCUT2D eigenvalue weighted by molar-refractivity contribution is 6.05. The fourth-order valence-electron chi connectivity index (χ4n) is 3.38. The Bertz CT molecular complexity index is 1040. The van der Waals surface area contributed by atoms with E-state index < -0.39 is 0 Å². The maximum absolute atomic E-state index is 12.6. The molecule has 2 heterocycles. The molecule has 3 rings (SSSR count). The highest BCUT2D eigenvalue weighted by Gasteiger charge is 2.17. The average Bonchev–Trinajstić information content (AvgIpc) is 2.95. The molecule has 0 fully saturated rings. The van der Waals surface area contributed by atoms with Gasteiger partial charge in [-0.05, 0) is 58.9 Å². The normalized spacial score (nSPS) is 10.7. The Hall–Kier alpha value is -3.42. The van der Waals surface area contributed by atoms with Gasteiger partial charge in [-0.2, -0.15) is 10.1 Å². The molecule has 1 aromatic carbocycles. The van der Waals surface area contributed by atoms with Gasteiger partial charge in [0.1, 0.15) is 5.82 Å². The van der Waals surface area contributed by atoms with E-state index in [9.17, 15) is 4.79 Å². The third-order valence-electron chi connectivity index (χ3n) is 5.06. The van der Waals surface area contributed by atoms with Crippen LogP contribution in [0.5, 0.6) is 0 Å². The molecule has 0 aliphatic rings. The molecule has 0 bridgehead atoms. The predicted molar refractivity (Wildman–Crippen MR) is 121 cm³/mol.